The first-order valence-corrected chi connectivity index (χ1v) is 9.01. The SMILES string of the molecule is Cn1cc(CNC(=O)c2c(NC(=O)c3cccc(OCC(F)(F)F)c3)cnn2C)cn1. The van der Waals surface area contributed by atoms with Crippen molar-refractivity contribution in [3.63, 3.8) is 0 Å². The van der Waals surface area contributed by atoms with Gasteiger partial charge in [0, 0.05) is 38.0 Å². The lowest BCUT2D eigenvalue weighted by molar-refractivity contribution is -0.153. The third kappa shape index (κ3) is 5.84. The number of aryl methyl sites for hydroxylation is 2. The molecule has 2 N–H and O–H groups in total. The smallest absolute Gasteiger partial charge is 0.422 e. The molecule has 0 spiro atoms. The van der Waals surface area contributed by atoms with E-state index in [9.17, 15) is 22.8 Å². The van der Waals surface area contributed by atoms with E-state index in [1.807, 2.05) is 0 Å². The van der Waals surface area contributed by atoms with Crippen molar-refractivity contribution in [1.29, 1.82) is 0 Å². The molecule has 0 aliphatic carbocycles. The second-order valence-corrected chi connectivity index (χ2v) is 6.62. The van der Waals surface area contributed by atoms with Crippen LogP contribution in [-0.4, -0.2) is 44.2 Å². The Morgan fingerprint density at radius 3 is 2.58 bits per heavy atom. The minimum absolute atomic E-state index is 0.0604. The number of hydrogen-bond donors (Lipinski definition) is 2. The van der Waals surface area contributed by atoms with Gasteiger partial charge in [-0.25, -0.2) is 0 Å². The Balaban J connectivity index is 1.69. The Morgan fingerprint density at radius 2 is 1.90 bits per heavy atom. The first-order chi connectivity index (χ1) is 14.6. The standard InChI is InChI=1S/C19H19F3N6O3/c1-27-10-12(8-24-27)7-23-18(30)16-15(9-25-28(16)2)26-17(29)13-4-3-5-14(6-13)31-11-19(20,21)22/h3-6,8-10H,7,11H2,1-2H3,(H,23,30)(H,26,29). The molecule has 3 aromatic rings. The number of nitrogens with one attached hydrogen (secondary N) is 2. The summed E-state index contributed by atoms with van der Waals surface area (Å²) in [5.41, 5.74) is 1.11. The Morgan fingerprint density at radius 1 is 1.13 bits per heavy atom. The molecule has 0 atom stereocenters. The normalized spacial score (nSPS) is 11.3. The summed E-state index contributed by atoms with van der Waals surface area (Å²) >= 11 is 0. The topological polar surface area (TPSA) is 103 Å². The molecule has 0 saturated carbocycles. The van der Waals surface area contributed by atoms with E-state index in [-0.39, 0.29) is 29.2 Å². The van der Waals surface area contributed by atoms with Gasteiger partial charge in [-0.05, 0) is 18.2 Å². The van der Waals surface area contributed by atoms with Gasteiger partial charge >= 0.3 is 6.18 Å². The number of nitrogens with zero attached hydrogens (tertiary/aromatic N) is 4. The van der Waals surface area contributed by atoms with Gasteiger partial charge < -0.3 is 15.4 Å². The fourth-order valence-electron chi connectivity index (χ4n) is 2.71. The minimum Gasteiger partial charge on any atom is -0.484 e. The summed E-state index contributed by atoms with van der Waals surface area (Å²) in [6, 6.07) is 5.29. The van der Waals surface area contributed by atoms with Crippen LogP contribution >= 0.6 is 0 Å². The molecule has 9 nitrogen and oxygen atoms in total. The van der Waals surface area contributed by atoms with Crippen molar-refractivity contribution >= 4 is 17.5 Å². The average Bonchev–Trinajstić information content (AvgIpc) is 3.29. The summed E-state index contributed by atoms with van der Waals surface area (Å²) in [5.74, 6) is -1.21. The monoisotopic (exact) mass is 436 g/mol. The fraction of sp³-hybridized carbons (Fsp3) is 0.263. The van der Waals surface area contributed by atoms with Crippen LogP contribution in [0.2, 0.25) is 0 Å². The van der Waals surface area contributed by atoms with E-state index < -0.39 is 24.6 Å². The largest absolute Gasteiger partial charge is 0.484 e. The first kappa shape index (κ1) is 21.9. The lowest BCUT2D eigenvalue weighted by Crippen LogP contribution is -2.26. The van der Waals surface area contributed by atoms with Gasteiger partial charge in [-0.1, -0.05) is 6.07 Å². The average molecular weight is 436 g/mol. The Kier molecular flexibility index (Phi) is 6.28. The minimum atomic E-state index is -4.49. The zero-order chi connectivity index (χ0) is 22.6. The molecular formula is C19H19F3N6O3. The van der Waals surface area contributed by atoms with Crippen molar-refractivity contribution in [2.24, 2.45) is 14.1 Å². The summed E-state index contributed by atoms with van der Waals surface area (Å²) in [6.07, 6.45) is 0.174. The van der Waals surface area contributed by atoms with Crippen molar-refractivity contribution in [2.45, 2.75) is 12.7 Å². The van der Waals surface area contributed by atoms with Crippen LogP contribution in [0.3, 0.4) is 0 Å². The molecule has 0 bridgehead atoms. The van der Waals surface area contributed by atoms with E-state index in [0.717, 1.165) is 5.56 Å². The van der Waals surface area contributed by atoms with Crippen LogP contribution in [-0.2, 0) is 20.6 Å². The number of rotatable bonds is 7. The summed E-state index contributed by atoms with van der Waals surface area (Å²) in [5, 5.41) is 13.3. The molecule has 0 aliphatic rings. The Labute approximate surface area is 174 Å². The van der Waals surface area contributed by atoms with Gasteiger partial charge in [-0.3, -0.25) is 19.0 Å². The van der Waals surface area contributed by atoms with E-state index in [2.05, 4.69) is 25.6 Å². The number of carbonyl (C=O) groups is 2. The highest BCUT2D eigenvalue weighted by Crippen LogP contribution is 2.21. The molecule has 2 amide bonds. The van der Waals surface area contributed by atoms with Crippen molar-refractivity contribution in [3.05, 3.63) is 59.7 Å². The molecule has 164 valence electrons. The zero-order valence-corrected chi connectivity index (χ0v) is 16.6. The van der Waals surface area contributed by atoms with E-state index in [0.29, 0.717) is 0 Å². The number of benzene rings is 1. The maximum absolute atomic E-state index is 12.6. The number of carbonyl (C=O) groups excluding carboxylic acids is 2. The Bertz CT molecular complexity index is 1090. The maximum atomic E-state index is 12.6. The highest BCUT2D eigenvalue weighted by atomic mass is 19.4. The van der Waals surface area contributed by atoms with E-state index in [4.69, 9.17) is 0 Å². The number of anilines is 1. The van der Waals surface area contributed by atoms with E-state index in [1.54, 1.807) is 31.2 Å². The number of hydrogen-bond acceptors (Lipinski definition) is 5. The molecule has 0 fully saturated rings. The van der Waals surface area contributed by atoms with Gasteiger partial charge in [0.15, 0.2) is 6.61 Å². The third-order valence-corrected chi connectivity index (χ3v) is 4.11. The first-order valence-electron chi connectivity index (χ1n) is 9.01. The highest BCUT2D eigenvalue weighted by molar-refractivity contribution is 6.08. The van der Waals surface area contributed by atoms with Gasteiger partial charge in [-0.2, -0.15) is 23.4 Å². The second-order valence-electron chi connectivity index (χ2n) is 6.62. The summed E-state index contributed by atoms with van der Waals surface area (Å²) in [6.45, 7) is -1.24. The predicted octanol–water partition coefficient (Wildman–Crippen LogP) is 2.28. The number of halogens is 3. The third-order valence-electron chi connectivity index (χ3n) is 4.11. The lowest BCUT2D eigenvalue weighted by Gasteiger charge is -2.11. The van der Waals surface area contributed by atoms with Crippen LogP contribution in [0.15, 0.2) is 42.9 Å². The molecule has 0 radical (unpaired) electrons. The van der Waals surface area contributed by atoms with E-state index >= 15 is 0 Å². The molecular weight excluding hydrogens is 417 g/mol. The molecule has 2 aromatic heterocycles. The number of ether oxygens (including phenoxy) is 1. The van der Waals surface area contributed by atoms with Crippen LogP contribution < -0.4 is 15.4 Å². The van der Waals surface area contributed by atoms with Crippen LogP contribution in [0.5, 0.6) is 5.75 Å². The number of amides is 2. The highest BCUT2D eigenvalue weighted by Gasteiger charge is 2.28. The van der Waals surface area contributed by atoms with Crippen molar-refractivity contribution in [2.75, 3.05) is 11.9 Å². The van der Waals surface area contributed by atoms with E-state index in [1.165, 1.54) is 35.1 Å². The Hall–Kier alpha value is -3.83. The fourth-order valence-corrected chi connectivity index (χ4v) is 2.71. The molecule has 0 aliphatic heterocycles. The van der Waals surface area contributed by atoms with Gasteiger partial charge in [0.2, 0.25) is 0 Å². The van der Waals surface area contributed by atoms with Crippen LogP contribution in [0.1, 0.15) is 26.4 Å². The molecule has 0 saturated heterocycles. The number of aromatic nitrogens is 4. The van der Waals surface area contributed by atoms with Crippen molar-refractivity contribution in [3.8, 4) is 5.75 Å². The van der Waals surface area contributed by atoms with Crippen molar-refractivity contribution < 1.29 is 27.5 Å². The molecule has 2 heterocycles. The summed E-state index contributed by atoms with van der Waals surface area (Å²) in [4.78, 5) is 25.2. The molecule has 12 heteroatoms. The van der Waals surface area contributed by atoms with Gasteiger partial charge in [0.05, 0.1) is 18.1 Å². The maximum Gasteiger partial charge on any atom is 0.422 e. The quantitative estimate of drug-likeness (QED) is 0.592. The summed E-state index contributed by atoms with van der Waals surface area (Å²) in [7, 11) is 3.30. The predicted molar refractivity (Wildman–Crippen MR) is 104 cm³/mol. The van der Waals surface area contributed by atoms with Crippen LogP contribution in [0.25, 0.3) is 0 Å². The summed E-state index contributed by atoms with van der Waals surface area (Å²) < 4.78 is 44.5. The van der Waals surface area contributed by atoms with Crippen LogP contribution in [0.4, 0.5) is 18.9 Å². The zero-order valence-electron chi connectivity index (χ0n) is 16.6. The molecule has 31 heavy (non-hydrogen) atoms. The number of alkyl halides is 3. The van der Waals surface area contributed by atoms with Gasteiger partial charge in [0.1, 0.15) is 11.4 Å². The van der Waals surface area contributed by atoms with Crippen molar-refractivity contribution in [1.82, 2.24) is 24.9 Å². The lowest BCUT2D eigenvalue weighted by atomic mass is 10.2. The molecule has 3 rings (SSSR count). The molecule has 1 aromatic carbocycles. The van der Waals surface area contributed by atoms with Crippen LogP contribution in [0, 0.1) is 0 Å². The van der Waals surface area contributed by atoms with Gasteiger partial charge in [0.25, 0.3) is 11.8 Å². The van der Waals surface area contributed by atoms with Gasteiger partial charge in [-0.15, -0.1) is 0 Å². The molecule has 0 unspecified atom stereocenters. The second kappa shape index (κ2) is 8.90.